The van der Waals surface area contributed by atoms with Crippen molar-refractivity contribution in [2.45, 2.75) is 95.0 Å². The molecule has 2 unspecified atom stereocenters. The van der Waals surface area contributed by atoms with Crippen LogP contribution in [0, 0.1) is 5.92 Å². The molecule has 1 N–H and O–H groups in total. The average molecular weight is 598 g/mol. The maximum absolute atomic E-state index is 10.3. The van der Waals surface area contributed by atoms with E-state index in [0.29, 0.717) is 25.1 Å². The van der Waals surface area contributed by atoms with Gasteiger partial charge in [0.25, 0.3) is 0 Å². The van der Waals surface area contributed by atoms with Crippen LogP contribution in [-0.2, 0) is 29.8 Å². The highest BCUT2D eigenvalue weighted by atomic mass is 79.9. The third-order valence-corrected chi connectivity index (χ3v) is 10.5. The highest BCUT2D eigenvalue weighted by Gasteiger charge is 2.48. The van der Waals surface area contributed by atoms with Crippen LogP contribution in [-0.4, -0.2) is 64.4 Å². The molecule has 4 aliphatic heterocycles. The topological polar surface area (TPSA) is 71.0 Å². The van der Waals surface area contributed by atoms with Crippen molar-refractivity contribution in [3.8, 4) is 6.01 Å². The summed E-state index contributed by atoms with van der Waals surface area (Å²) in [7, 11) is 0. The fourth-order valence-corrected chi connectivity index (χ4v) is 8.54. The van der Waals surface area contributed by atoms with Gasteiger partial charge in [-0.05, 0) is 93.5 Å². The fraction of sp³-hybridized carbons (Fsp3) is 0.677. The molecule has 3 saturated heterocycles. The van der Waals surface area contributed by atoms with Crippen LogP contribution in [0.15, 0.2) is 22.7 Å². The molecule has 4 atom stereocenters. The molecular weight excluding hydrogens is 556 g/mol. The number of halogens is 1. The van der Waals surface area contributed by atoms with Crippen LogP contribution < -0.4 is 9.64 Å². The number of anilines is 1. The fourth-order valence-electron chi connectivity index (χ4n) is 8.18. The normalized spacial score (nSPS) is 32.5. The number of aliphatic hydroxyl groups is 1. The zero-order chi connectivity index (χ0) is 26.6. The van der Waals surface area contributed by atoms with Crippen molar-refractivity contribution in [1.82, 2.24) is 14.9 Å². The molecule has 2 aromatic rings. The Morgan fingerprint density at radius 2 is 2.05 bits per heavy atom. The van der Waals surface area contributed by atoms with Gasteiger partial charge in [0.05, 0.1) is 29.5 Å². The Bertz CT molecular complexity index is 1240. The standard InChI is InChI=1S/C31H41BrN4O3/c1-21-16-30(10-4-13-36(30)18-21)20-38-29-33-27-17-31(11-2-5-22-7-8-23(32)15-26(22)31)39-19-25(27)28(34-29)35-12-3-6-24(37)9-14-35/h7-8,15,21,24,37H,2-6,9-14,16-20H2,1H3/t21-,24?,30+,31?/m1/s1. The van der Waals surface area contributed by atoms with Crippen LogP contribution in [0.2, 0.25) is 0 Å². The first-order valence-electron chi connectivity index (χ1n) is 15.1. The van der Waals surface area contributed by atoms with Gasteiger partial charge in [-0.15, -0.1) is 0 Å². The second kappa shape index (κ2) is 10.3. The van der Waals surface area contributed by atoms with Gasteiger partial charge in [-0.3, -0.25) is 4.90 Å². The summed E-state index contributed by atoms with van der Waals surface area (Å²) in [5.41, 5.74) is 4.63. The van der Waals surface area contributed by atoms with Crippen LogP contribution >= 0.6 is 15.9 Å². The lowest BCUT2D eigenvalue weighted by atomic mass is 9.75. The molecule has 1 spiro atoms. The first-order valence-corrected chi connectivity index (χ1v) is 15.9. The average Bonchev–Trinajstić information content (AvgIpc) is 3.35. The number of hydrogen-bond donors (Lipinski definition) is 1. The Hall–Kier alpha value is -1.74. The van der Waals surface area contributed by atoms with E-state index in [2.05, 4.69) is 50.9 Å². The predicted octanol–water partition coefficient (Wildman–Crippen LogP) is 5.15. The minimum Gasteiger partial charge on any atom is -0.461 e. The summed E-state index contributed by atoms with van der Waals surface area (Å²) in [5, 5.41) is 10.3. The molecule has 0 bridgehead atoms. The smallest absolute Gasteiger partial charge is 0.318 e. The monoisotopic (exact) mass is 596 g/mol. The van der Waals surface area contributed by atoms with Gasteiger partial charge in [-0.25, -0.2) is 0 Å². The van der Waals surface area contributed by atoms with E-state index in [4.69, 9.17) is 19.4 Å². The quantitative estimate of drug-likeness (QED) is 0.523. The van der Waals surface area contributed by atoms with Crippen molar-refractivity contribution in [2.24, 2.45) is 5.92 Å². The predicted molar refractivity (Wildman–Crippen MR) is 154 cm³/mol. The molecule has 1 aromatic heterocycles. The number of nitrogens with zero attached hydrogens (tertiary/aromatic N) is 4. The van der Waals surface area contributed by atoms with Crippen LogP contribution in [0.4, 0.5) is 5.82 Å². The minimum atomic E-state index is -0.357. The van der Waals surface area contributed by atoms with E-state index in [1.54, 1.807) is 0 Å². The second-order valence-corrected chi connectivity index (χ2v) is 13.7. The van der Waals surface area contributed by atoms with Crippen LogP contribution in [0.1, 0.15) is 80.7 Å². The van der Waals surface area contributed by atoms with Gasteiger partial charge in [-0.2, -0.15) is 9.97 Å². The summed E-state index contributed by atoms with van der Waals surface area (Å²) < 4.78 is 14.5. The lowest BCUT2D eigenvalue weighted by Crippen LogP contribution is -2.44. The number of benzene rings is 1. The number of fused-ring (bicyclic) bond motifs is 4. The molecule has 3 fully saturated rings. The molecule has 5 aliphatic rings. The highest BCUT2D eigenvalue weighted by Crippen LogP contribution is 2.47. The number of hydrogen-bond acceptors (Lipinski definition) is 7. The molecule has 0 amide bonds. The third-order valence-electron chi connectivity index (χ3n) is 10.1. The van der Waals surface area contributed by atoms with Crippen molar-refractivity contribution in [2.75, 3.05) is 37.7 Å². The zero-order valence-electron chi connectivity index (χ0n) is 23.1. The summed E-state index contributed by atoms with van der Waals surface area (Å²) in [4.78, 5) is 15.2. The van der Waals surface area contributed by atoms with E-state index in [1.807, 2.05) is 0 Å². The minimum absolute atomic E-state index is 0.129. The molecule has 210 valence electrons. The Balaban J connectivity index is 1.24. The molecule has 5 heterocycles. The lowest BCUT2D eigenvalue weighted by Gasteiger charge is -2.43. The van der Waals surface area contributed by atoms with Crippen molar-refractivity contribution >= 4 is 21.7 Å². The van der Waals surface area contributed by atoms with Crippen LogP contribution in [0.3, 0.4) is 0 Å². The van der Waals surface area contributed by atoms with Gasteiger partial charge in [-0.1, -0.05) is 28.9 Å². The molecule has 39 heavy (non-hydrogen) atoms. The Labute approximate surface area is 240 Å². The second-order valence-electron chi connectivity index (χ2n) is 12.8. The number of aliphatic hydroxyl groups excluding tert-OH is 1. The third kappa shape index (κ3) is 4.79. The molecule has 1 aromatic carbocycles. The van der Waals surface area contributed by atoms with Gasteiger partial charge in [0, 0.05) is 36.1 Å². The molecule has 7 nitrogen and oxygen atoms in total. The van der Waals surface area contributed by atoms with Gasteiger partial charge in [0.1, 0.15) is 12.4 Å². The molecule has 1 aliphatic carbocycles. The van der Waals surface area contributed by atoms with E-state index in [1.165, 1.54) is 43.5 Å². The van der Waals surface area contributed by atoms with Crippen LogP contribution in [0.5, 0.6) is 6.01 Å². The maximum Gasteiger partial charge on any atom is 0.318 e. The summed E-state index contributed by atoms with van der Waals surface area (Å²) in [5.74, 6) is 1.66. The maximum atomic E-state index is 10.3. The van der Waals surface area contributed by atoms with Crippen molar-refractivity contribution in [1.29, 1.82) is 0 Å². The molecular formula is C31H41BrN4O3. The van der Waals surface area contributed by atoms with Gasteiger partial charge in [0.2, 0.25) is 0 Å². The highest BCUT2D eigenvalue weighted by molar-refractivity contribution is 9.10. The molecule has 0 radical (unpaired) electrons. The Morgan fingerprint density at radius 3 is 2.97 bits per heavy atom. The number of ether oxygens (including phenoxy) is 2. The van der Waals surface area contributed by atoms with E-state index < -0.39 is 0 Å². The van der Waals surface area contributed by atoms with Crippen molar-refractivity contribution in [3.05, 3.63) is 45.1 Å². The Morgan fingerprint density at radius 1 is 1.13 bits per heavy atom. The van der Waals surface area contributed by atoms with Gasteiger partial charge < -0.3 is 19.5 Å². The zero-order valence-corrected chi connectivity index (χ0v) is 24.7. The molecule has 0 saturated carbocycles. The largest absolute Gasteiger partial charge is 0.461 e. The summed E-state index contributed by atoms with van der Waals surface area (Å²) >= 11 is 3.71. The lowest BCUT2D eigenvalue weighted by molar-refractivity contribution is -0.0856. The number of aromatic nitrogens is 2. The molecule has 8 heteroatoms. The van der Waals surface area contributed by atoms with Crippen LogP contribution in [0.25, 0.3) is 0 Å². The summed E-state index contributed by atoms with van der Waals surface area (Å²) in [6.45, 7) is 7.55. The number of aryl methyl sites for hydroxylation is 1. The number of rotatable bonds is 4. The molecule has 7 rings (SSSR count). The summed E-state index contributed by atoms with van der Waals surface area (Å²) in [6, 6.07) is 7.16. The first-order chi connectivity index (χ1) is 18.9. The SMILES string of the molecule is C[C@H]1CN2CCC[C@@]2(COc2nc3c(c(N4CCCC(O)CC4)n2)COC2(CCCc4ccc(Br)cc42)C3)C1. The van der Waals surface area contributed by atoms with E-state index in [0.717, 1.165) is 79.6 Å². The van der Waals surface area contributed by atoms with Gasteiger partial charge >= 0.3 is 6.01 Å². The van der Waals surface area contributed by atoms with E-state index >= 15 is 0 Å². The van der Waals surface area contributed by atoms with E-state index in [9.17, 15) is 5.11 Å². The van der Waals surface area contributed by atoms with E-state index in [-0.39, 0.29) is 17.2 Å². The Kier molecular flexibility index (Phi) is 6.89. The summed E-state index contributed by atoms with van der Waals surface area (Å²) in [6.07, 6.45) is 9.90. The van der Waals surface area contributed by atoms with Gasteiger partial charge in [0.15, 0.2) is 0 Å². The van der Waals surface area contributed by atoms with Crippen molar-refractivity contribution in [3.63, 3.8) is 0 Å². The van der Waals surface area contributed by atoms with Crippen molar-refractivity contribution < 1.29 is 14.6 Å². The first kappa shape index (κ1) is 26.2.